The number of nitrogens with zero attached hydrogens (tertiary/aromatic N) is 1. The van der Waals surface area contributed by atoms with Gasteiger partial charge in [-0.15, -0.1) is 0 Å². The zero-order chi connectivity index (χ0) is 12.5. The third kappa shape index (κ3) is 3.09. The second kappa shape index (κ2) is 5.50. The Morgan fingerprint density at radius 1 is 1.06 bits per heavy atom. The summed E-state index contributed by atoms with van der Waals surface area (Å²) in [5, 5.41) is 9.67. The van der Waals surface area contributed by atoms with Crippen LogP contribution in [0, 0.1) is 0 Å². The fourth-order valence-corrected chi connectivity index (χ4v) is 2.10. The molecule has 0 bridgehead atoms. The van der Waals surface area contributed by atoms with E-state index < -0.39 is 11.7 Å². The van der Waals surface area contributed by atoms with Crippen molar-refractivity contribution in [2.24, 2.45) is 0 Å². The van der Waals surface area contributed by atoms with Crippen molar-refractivity contribution in [2.45, 2.75) is 32.9 Å². The molecule has 1 fully saturated rings. The van der Waals surface area contributed by atoms with Gasteiger partial charge in [-0.1, -0.05) is 7.43 Å². The predicted octanol–water partition coefficient (Wildman–Crippen LogP) is 4.04. The summed E-state index contributed by atoms with van der Waals surface area (Å²) in [7, 11) is 0. The van der Waals surface area contributed by atoms with Crippen molar-refractivity contribution < 1.29 is 18.3 Å². The van der Waals surface area contributed by atoms with Gasteiger partial charge < -0.3 is 10.0 Å². The molecule has 1 heterocycles. The lowest BCUT2D eigenvalue weighted by Gasteiger charge is -2.29. The van der Waals surface area contributed by atoms with Crippen LogP contribution in [0.25, 0.3) is 0 Å². The Kier molecular flexibility index (Phi) is 4.48. The number of phenols is 1. The van der Waals surface area contributed by atoms with Gasteiger partial charge in [0.2, 0.25) is 0 Å². The summed E-state index contributed by atoms with van der Waals surface area (Å²) in [4.78, 5) is 1.93. The predicted molar refractivity (Wildman–Crippen MR) is 65.9 cm³/mol. The Bertz CT molecular complexity index is 398. The number of rotatable bonds is 1. The SMILES string of the molecule is C.Oc1cc(C(F)(F)F)ccc1N1CCCCC1. The van der Waals surface area contributed by atoms with E-state index in [0.29, 0.717) is 5.69 Å². The Hall–Kier alpha value is -1.39. The van der Waals surface area contributed by atoms with Crippen LogP contribution in [0.4, 0.5) is 18.9 Å². The topological polar surface area (TPSA) is 23.5 Å². The van der Waals surface area contributed by atoms with Crippen LogP contribution in [-0.4, -0.2) is 18.2 Å². The van der Waals surface area contributed by atoms with E-state index in [9.17, 15) is 18.3 Å². The largest absolute Gasteiger partial charge is 0.506 e. The summed E-state index contributed by atoms with van der Waals surface area (Å²) in [6, 6.07) is 3.16. The quantitative estimate of drug-likeness (QED) is 0.824. The molecular formula is C13H18F3NO. The van der Waals surface area contributed by atoms with Crippen LogP contribution in [0.15, 0.2) is 18.2 Å². The molecule has 0 radical (unpaired) electrons. The van der Waals surface area contributed by atoms with Gasteiger partial charge in [-0.3, -0.25) is 0 Å². The number of alkyl halides is 3. The van der Waals surface area contributed by atoms with Crippen molar-refractivity contribution in [3.63, 3.8) is 0 Å². The summed E-state index contributed by atoms with van der Waals surface area (Å²) < 4.78 is 37.3. The molecule has 0 unspecified atom stereocenters. The van der Waals surface area contributed by atoms with Gasteiger partial charge in [0.05, 0.1) is 11.3 Å². The molecule has 1 saturated heterocycles. The van der Waals surface area contributed by atoms with E-state index in [1.807, 2.05) is 4.90 Å². The van der Waals surface area contributed by atoms with Crippen LogP contribution in [0.2, 0.25) is 0 Å². The highest BCUT2D eigenvalue weighted by Gasteiger charge is 2.31. The Balaban J connectivity index is 0.00000162. The van der Waals surface area contributed by atoms with Crippen LogP contribution in [-0.2, 0) is 6.18 Å². The maximum atomic E-state index is 12.4. The second-order valence-corrected chi connectivity index (χ2v) is 4.25. The Morgan fingerprint density at radius 2 is 1.67 bits per heavy atom. The van der Waals surface area contributed by atoms with Gasteiger partial charge >= 0.3 is 6.18 Å². The van der Waals surface area contributed by atoms with Crippen molar-refractivity contribution in [3.8, 4) is 5.75 Å². The molecule has 1 aliphatic rings. The van der Waals surface area contributed by atoms with E-state index in [2.05, 4.69) is 0 Å². The smallest absolute Gasteiger partial charge is 0.416 e. The molecule has 0 amide bonds. The van der Waals surface area contributed by atoms with Crippen molar-refractivity contribution in [3.05, 3.63) is 23.8 Å². The van der Waals surface area contributed by atoms with Gasteiger partial charge in [0, 0.05) is 13.1 Å². The molecule has 1 N–H and O–H groups in total. The zero-order valence-corrected chi connectivity index (χ0v) is 9.30. The molecule has 18 heavy (non-hydrogen) atoms. The molecule has 0 saturated carbocycles. The average molecular weight is 261 g/mol. The Morgan fingerprint density at radius 3 is 2.17 bits per heavy atom. The molecule has 1 aromatic carbocycles. The number of piperidine rings is 1. The van der Waals surface area contributed by atoms with E-state index in [4.69, 9.17) is 0 Å². The first-order valence-electron chi connectivity index (χ1n) is 5.63. The number of hydrogen-bond acceptors (Lipinski definition) is 2. The van der Waals surface area contributed by atoms with Gasteiger partial charge in [-0.2, -0.15) is 13.2 Å². The van der Waals surface area contributed by atoms with Gasteiger partial charge in [0.25, 0.3) is 0 Å². The van der Waals surface area contributed by atoms with E-state index in [1.54, 1.807) is 0 Å². The number of halogens is 3. The second-order valence-electron chi connectivity index (χ2n) is 4.25. The summed E-state index contributed by atoms with van der Waals surface area (Å²) >= 11 is 0. The van der Waals surface area contributed by atoms with Crippen molar-refractivity contribution >= 4 is 5.69 Å². The molecule has 2 nitrogen and oxygen atoms in total. The van der Waals surface area contributed by atoms with Gasteiger partial charge in [0.15, 0.2) is 0 Å². The highest BCUT2D eigenvalue weighted by molar-refractivity contribution is 5.59. The Labute approximate surface area is 105 Å². The molecule has 1 aromatic rings. The molecule has 5 heteroatoms. The first-order valence-corrected chi connectivity index (χ1v) is 5.63. The summed E-state index contributed by atoms with van der Waals surface area (Å²) in [6.07, 6.45) is -1.24. The van der Waals surface area contributed by atoms with Crippen LogP contribution in [0.3, 0.4) is 0 Å². The van der Waals surface area contributed by atoms with Gasteiger partial charge in [-0.25, -0.2) is 0 Å². The maximum absolute atomic E-state index is 12.4. The third-order valence-corrected chi connectivity index (χ3v) is 3.00. The number of aromatic hydroxyl groups is 1. The summed E-state index contributed by atoms with van der Waals surface area (Å²) in [6.45, 7) is 1.58. The highest BCUT2D eigenvalue weighted by atomic mass is 19.4. The minimum atomic E-state index is -4.40. The van der Waals surface area contributed by atoms with Crippen molar-refractivity contribution in [1.29, 1.82) is 0 Å². The van der Waals surface area contributed by atoms with E-state index >= 15 is 0 Å². The van der Waals surface area contributed by atoms with Gasteiger partial charge in [0.1, 0.15) is 5.75 Å². The monoisotopic (exact) mass is 261 g/mol. The van der Waals surface area contributed by atoms with Crippen LogP contribution < -0.4 is 4.90 Å². The molecular weight excluding hydrogens is 243 g/mol. The minimum absolute atomic E-state index is 0. The average Bonchev–Trinajstić information content (AvgIpc) is 2.29. The molecule has 0 aromatic heterocycles. The lowest BCUT2D eigenvalue weighted by Crippen LogP contribution is -2.29. The first-order chi connectivity index (χ1) is 7.98. The molecule has 0 atom stereocenters. The number of anilines is 1. The van der Waals surface area contributed by atoms with Crippen LogP contribution in [0.5, 0.6) is 5.75 Å². The normalized spacial score (nSPS) is 16.3. The van der Waals surface area contributed by atoms with Crippen molar-refractivity contribution in [1.82, 2.24) is 0 Å². The number of phenolic OH excluding ortho intramolecular Hbond substituents is 1. The summed E-state index contributed by atoms with van der Waals surface area (Å²) in [5.41, 5.74) is -0.312. The molecule has 102 valence electrons. The van der Waals surface area contributed by atoms with E-state index in [0.717, 1.165) is 44.5 Å². The number of benzene rings is 1. The fraction of sp³-hybridized carbons (Fsp3) is 0.538. The molecule has 0 spiro atoms. The zero-order valence-electron chi connectivity index (χ0n) is 9.30. The van der Waals surface area contributed by atoms with Gasteiger partial charge in [-0.05, 0) is 37.5 Å². The fourth-order valence-electron chi connectivity index (χ4n) is 2.10. The summed E-state index contributed by atoms with van der Waals surface area (Å²) in [5.74, 6) is -0.290. The lowest BCUT2D eigenvalue weighted by molar-refractivity contribution is -0.137. The van der Waals surface area contributed by atoms with Crippen LogP contribution in [0.1, 0.15) is 32.3 Å². The first kappa shape index (κ1) is 14.7. The van der Waals surface area contributed by atoms with Crippen LogP contribution >= 0.6 is 0 Å². The standard InChI is InChI=1S/C12H14F3NO.CH4/c13-12(14,15)9-4-5-10(11(17)8-9)16-6-2-1-3-7-16;/h4-5,8,17H,1-3,6-7H2;1H4. The lowest BCUT2D eigenvalue weighted by atomic mass is 10.1. The van der Waals surface area contributed by atoms with E-state index in [1.165, 1.54) is 6.07 Å². The molecule has 1 aliphatic heterocycles. The van der Waals surface area contributed by atoms with Crippen molar-refractivity contribution in [2.75, 3.05) is 18.0 Å². The molecule has 0 aliphatic carbocycles. The van der Waals surface area contributed by atoms with E-state index in [-0.39, 0.29) is 13.2 Å². The third-order valence-electron chi connectivity index (χ3n) is 3.00. The number of hydrogen-bond donors (Lipinski definition) is 1. The maximum Gasteiger partial charge on any atom is 0.416 e. The molecule has 2 rings (SSSR count). The highest BCUT2D eigenvalue weighted by Crippen LogP contribution is 2.36. The minimum Gasteiger partial charge on any atom is -0.506 e.